The van der Waals surface area contributed by atoms with Crippen molar-refractivity contribution in [2.75, 3.05) is 24.5 Å². The van der Waals surface area contributed by atoms with Crippen molar-refractivity contribution in [3.8, 4) is 6.07 Å². The summed E-state index contributed by atoms with van der Waals surface area (Å²) in [5.41, 5.74) is 2.88. The SMILES string of the molecule is CC(C)CNCc1ccc(N2CCC(O)CC2)c(C#N)c1. The van der Waals surface area contributed by atoms with Crippen molar-refractivity contribution in [2.45, 2.75) is 39.3 Å². The fourth-order valence-electron chi connectivity index (χ4n) is 2.67. The number of aliphatic hydroxyl groups is 1. The molecule has 0 radical (unpaired) electrons. The van der Waals surface area contributed by atoms with E-state index in [9.17, 15) is 10.4 Å². The summed E-state index contributed by atoms with van der Waals surface area (Å²) in [6.07, 6.45) is 1.37. The Morgan fingerprint density at radius 3 is 2.71 bits per heavy atom. The van der Waals surface area contributed by atoms with Crippen LogP contribution in [0.4, 0.5) is 5.69 Å². The summed E-state index contributed by atoms with van der Waals surface area (Å²) in [6.45, 7) is 7.78. The van der Waals surface area contributed by atoms with Gasteiger partial charge in [-0.15, -0.1) is 0 Å². The largest absolute Gasteiger partial charge is 0.393 e. The predicted molar refractivity (Wildman–Crippen MR) is 85.2 cm³/mol. The normalized spacial score (nSPS) is 16.2. The molecule has 2 N–H and O–H groups in total. The number of hydrogen-bond acceptors (Lipinski definition) is 4. The highest BCUT2D eigenvalue weighted by atomic mass is 16.3. The molecule has 1 saturated heterocycles. The monoisotopic (exact) mass is 287 g/mol. The van der Waals surface area contributed by atoms with Gasteiger partial charge >= 0.3 is 0 Å². The molecule has 1 fully saturated rings. The summed E-state index contributed by atoms with van der Waals surface area (Å²) >= 11 is 0. The van der Waals surface area contributed by atoms with E-state index in [1.54, 1.807) is 0 Å². The number of anilines is 1. The van der Waals surface area contributed by atoms with Crippen molar-refractivity contribution in [3.63, 3.8) is 0 Å². The molecule has 1 aromatic carbocycles. The van der Waals surface area contributed by atoms with Gasteiger partial charge in [-0.2, -0.15) is 5.26 Å². The van der Waals surface area contributed by atoms with E-state index >= 15 is 0 Å². The lowest BCUT2D eigenvalue weighted by molar-refractivity contribution is 0.145. The molecule has 21 heavy (non-hydrogen) atoms. The molecular formula is C17H25N3O. The Hall–Kier alpha value is -1.57. The quantitative estimate of drug-likeness (QED) is 0.872. The van der Waals surface area contributed by atoms with Crippen LogP contribution in [0, 0.1) is 17.2 Å². The minimum atomic E-state index is -0.189. The zero-order chi connectivity index (χ0) is 15.2. The van der Waals surface area contributed by atoms with E-state index in [0.717, 1.165) is 55.8 Å². The molecule has 1 heterocycles. The molecule has 0 unspecified atom stereocenters. The van der Waals surface area contributed by atoms with Crippen molar-refractivity contribution in [1.29, 1.82) is 5.26 Å². The summed E-state index contributed by atoms with van der Waals surface area (Å²) in [7, 11) is 0. The predicted octanol–water partition coefficient (Wildman–Crippen LogP) is 2.26. The van der Waals surface area contributed by atoms with Crippen molar-refractivity contribution in [1.82, 2.24) is 5.32 Å². The lowest BCUT2D eigenvalue weighted by Crippen LogP contribution is -2.36. The smallest absolute Gasteiger partial charge is 0.101 e. The molecule has 0 bridgehead atoms. The highest BCUT2D eigenvalue weighted by Gasteiger charge is 2.19. The lowest BCUT2D eigenvalue weighted by Gasteiger charge is -2.32. The zero-order valence-corrected chi connectivity index (χ0v) is 13.0. The van der Waals surface area contributed by atoms with E-state index < -0.39 is 0 Å². The standard InChI is InChI=1S/C17H25N3O/c1-13(2)11-19-12-14-3-4-17(15(9-14)10-18)20-7-5-16(21)6-8-20/h3-4,9,13,16,19,21H,5-8,11-12H2,1-2H3. The molecule has 0 atom stereocenters. The fraction of sp³-hybridized carbons (Fsp3) is 0.588. The van der Waals surface area contributed by atoms with Gasteiger partial charge in [0, 0.05) is 19.6 Å². The van der Waals surface area contributed by atoms with E-state index in [2.05, 4.69) is 36.2 Å². The van der Waals surface area contributed by atoms with Crippen molar-refractivity contribution < 1.29 is 5.11 Å². The highest BCUT2D eigenvalue weighted by Crippen LogP contribution is 2.25. The second kappa shape index (κ2) is 7.44. The zero-order valence-electron chi connectivity index (χ0n) is 13.0. The molecular weight excluding hydrogens is 262 g/mol. The maximum Gasteiger partial charge on any atom is 0.101 e. The Kier molecular flexibility index (Phi) is 5.60. The highest BCUT2D eigenvalue weighted by molar-refractivity contribution is 5.60. The first-order valence-electron chi connectivity index (χ1n) is 7.77. The topological polar surface area (TPSA) is 59.3 Å². The van der Waals surface area contributed by atoms with Crippen LogP contribution in [0.3, 0.4) is 0 Å². The van der Waals surface area contributed by atoms with Gasteiger partial charge in [0.1, 0.15) is 6.07 Å². The van der Waals surface area contributed by atoms with Gasteiger partial charge in [0.15, 0.2) is 0 Å². The molecule has 0 aliphatic carbocycles. The van der Waals surface area contributed by atoms with E-state index in [0.29, 0.717) is 5.92 Å². The second-order valence-electron chi connectivity index (χ2n) is 6.21. The molecule has 0 aromatic heterocycles. The van der Waals surface area contributed by atoms with Crippen LogP contribution in [-0.4, -0.2) is 30.8 Å². The number of hydrogen-bond donors (Lipinski definition) is 2. The molecule has 1 aliphatic rings. The Balaban J connectivity index is 2.04. The number of nitriles is 1. The van der Waals surface area contributed by atoms with Crippen LogP contribution in [0.25, 0.3) is 0 Å². The maximum atomic E-state index is 9.59. The van der Waals surface area contributed by atoms with Crippen LogP contribution < -0.4 is 10.2 Å². The van der Waals surface area contributed by atoms with Crippen LogP contribution in [-0.2, 0) is 6.54 Å². The van der Waals surface area contributed by atoms with Gasteiger partial charge in [-0.25, -0.2) is 0 Å². The summed E-state index contributed by atoms with van der Waals surface area (Å²) in [6, 6.07) is 8.43. The average molecular weight is 287 g/mol. The number of benzene rings is 1. The molecule has 2 rings (SSSR count). The second-order valence-corrected chi connectivity index (χ2v) is 6.21. The number of nitrogens with one attached hydrogen (secondary N) is 1. The summed E-state index contributed by atoms with van der Waals surface area (Å²) < 4.78 is 0. The van der Waals surface area contributed by atoms with Gasteiger partial charge in [-0.3, -0.25) is 0 Å². The summed E-state index contributed by atoms with van der Waals surface area (Å²) in [5.74, 6) is 0.625. The lowest BCUT2D eigenvalue weighted by atomic mass is 10.0. The van der Waals surface area contributed by atoms with Crippen LogP contribution in [0.15, 0.2) is 18.2 Å². The Bertz CT molecular complexity index is 499. The van der Waals surface area contributed by atoms with Gasteiger partial charge in [0.2, 0.25) is 0 Å². The third-order valence-corrected chi connectivity index (χ3v) is 3.87. The molecule has 1 aliphatic heterocycles. The Morgan fingerprint density at radius 2 is 2.10 bits per heavy atom. The molecule has 0 amide bonds. The molecule has 0 spiro atoms. The number of nitrogens with zero attached hydrogens (tertiary/aromatic N) is 2. The van der Waals surface area contributed by atoms with Gasteiger partial charge < -0.3 is 15.3 Å². The van der Waals surface area contributed by atoms with E-state index in [4.69, 9.17) is 0 Å². The maximum absolute atomic E-state index is 9.59. The average Bonchev–Trinajstić information content (AvgIpc) is 2.48. The van der Waals surface area contributed by atoms with Crippen LogP contribution in [0.1, 0.15) is 37.8 Å². The Morgan fingerprint density at radius 1 is 1.38 bits per heavy atom. The van der Waals surface area contributed by atoms with Crippen molar-refractivity contribution >= 4 is 5.69 Å². The van der Waals surface area contributed by atoms with Crippen molar-refractivity contribution in [3.05, 3.63) is 29.3 Å². The number of piperidine rings is 1. The molecule has 4 heteroatoms. The van der Waals surface area contributed by atoms with Gasteiger partial charge in [-0.05, 0) is 43.0 Å². The van der Waals surface area contributed by atoms with Gasteiger partial charge in [0.25, 0.3) is 0 Å². The van der Waals surface area contributed by atoms with Gasteiger partial charge in [-0.1, -0.05) is 19.9 Å². The first kappa shape index (κ1) is 15.8. The van der Waals surface area contributed by atoms with Crippen molar-refractivity contribution in [2.24, 2.45) is 5.92 Å². The van der Waals surface area contributed by atoms with Crippen LogP contribution in [0.2, 0.25) is 0 Å². The van der Waals surface area contributed by atoms with E-state index in [-0.39, 0.29) is 6.10 Å². The van der Waals surface area contributed by atoms with E-state index in [1.165, 1.54) is 0 Å². The van der Waals surface area contributed by atoms with Gasteiger partial charge in [0.05, 0.1) is 17.4 Å². The number of rotatable bonds is 5. The Labute approximate surface area is 127 Å². The first-order valence-corrected chi connectivity index (χ1v) is 7.77. The van der Waals surface area contributed by atoms with E-state index in [1.807, 2.05) is 12.1 Å². The van der Waals surface area contributed by atoms with Crippen LogP contribution in [0.5, 0.6) is 0 Å². The molecule has 1 aromatic rings. The molecule has 114 valence electrons. The number of aliphatic hydroxyl groups excluding tert-OH is 1. The minimum Gasteiger partial charge on any atom is -0.393 e. The summed E-state index contributed by atoms with van der Waals surface area (Å²) in [4.78, 5) is 2.20. The third-order valence-electron chi connectivity index (χ3n) is 3.87. The minimum absolute atomic E-state index is 0.189. The molecule has 4 nitrogen and oxygen atoms in total. The summed E-state index contributed by atoms with van der Waals surface area (Å²) in [5, 5.41) is 22.4. The van der Waals surface area contributed by atoms with Crippen LogP contribution >= 0.6 is 0 Å². The first-order chi connectivity index (χ1) is 10.1. The third kappa shape index (κ3) is 4.45. The fourth-order valence-corrected chi connectivity index (χ4v) is 2.67. The molecule has 0 saturated carbocycles.